The molecule has 9 heteroatoms. The van der Waals surface area contributed by atoms with Gasteiger partial charge in [-0.25, -0.2) is 0 Å². The van der Waals surface area contributed by atoms with Gasteiger partial charge in [0.05, 0.1) is 22.4 Å². The van der Waals surface area contributed by atoms with E-state index in [1.165, 1.54) is 4.90 Å². The fourth-order valence-corrected chi connectivity index (χ4v) is 3.52. The van der Waals surface area contributed by atoms with Gasteiger partial charge in [-0.15, -0.1) is 0 Å². The molecule has 0 saturated carbocycles. The summed E-state index contributed by atoms with van der Waals surface area (Å²) in [4.78, 5) is 9.98. The van der Waals surface area contributed by atoms with Crippen LogP contribution in [0.3, 0.4) is 0 Å². The summed E-state index contributed by atoms with van der Waals surface area (Å²) in [5.74, 6) is 0. The number of halogens is 3. The van der Waals surface area contributed by atoms with Gasteiger partial charge in [0.25, 0.3) is 0 Å². The number of hydrogen-bond acceptors (Lipinski definition) is 6. The number of piperazine rings is 1. The predicted octanol–water partition coefficient (Wildman–Crippen LogP) is 1.88. The van der Waals surface area contributed by atoms with E-state index in [4.69, 9.17) is 0 Å². The molecule has 1 atom stereocenters. The fourth-order valence-electron chi connectivity index (χ4n) is 3.52. The van der Waals surface area contributed by atoms with Gasteiger partial charge in [-0.2, -0.15) is 13.2 Å². The maximum Gasteiger partial charge on any atom is 0.409 e. The highest BCUT2D eigenvalue weighted by Gasteiger charge is 2.45. The Morgan fingerprint density at radius 1 is 1.18 bits per heavy atom. The Labute approximate surface area is 160 Å². The fraction of sp³-hybridized carbons (Fsp3) is 0.368. The van der Waals surface area contributed by atoms with Crippen LogP contribution in [0.5, 0.6) is 0 Å². The predicted molar refractivity (Wildman–Crippen MR) is 100.0 cm³/mol. The second-order valence-electron chi connectivity index (χ2n) is 6.74. The molecule has 0 aliphatic carbocycles. The molecule has 6 nitrogen and oxygen atoms in total. The average Bonchev–Trinajstić information content (AvgIpc) is 2.72. The highest BCUT2D eigenvalue weighted by atomic mass is 19.4. The maximum absolute atomic E-state index is 13.5. The number of nitrogens with zero attached hydrogens (tertiary/aromatic N) is 3. The summed E-state index contributed by atoms with van der Waals surface area (Å²) in [6.07, 6.45) is 2.53. The number of alkyl halides is 3. The third kappa shape index (κ3) is 3.89. The molecule has 3 N–H and O–H groups in total. The number of rotatable bonds is 4. The molecule has 148 valence electrons. The number of fused-ring (bicyclic) bond motifs is 1. The third-order valence-electron chi connectivity index (χ3n) is 4.88. The van der Waals surface area contributed by atoms with Crippen molar-refractivity contribution in [2.75, 3.05) is 26.2 Å². The summed E-state index contributed by atoms with van der Waals surface area (Å²) in [6.45, 7) is 1.69. The summed E-state index contributed by atoms with van der Waals surface area (Å²) >= 11 is 0. The number of dihydropyridines is 1. The Morgan fingerprint density at radius 3 is 2.82 bits per heavy atom. The van der Waals surface area contributed by atoms with E-state index in [0.29, 0.717) is 37.6 Å². The quantitative estimate of drug-likeness (QED) is 0.741. The molecule has 1 unspecified atom stereocenters. The van der Waals surface area contributed by atoms with Crippen LogP contribution in [0, 0.1) is 0 Å². The van der Waals surface area contributed by atoms with Crippen molar-refractivity contribution in [3.05, 3.63) is 59.8 Å². The van der Waals surface area contributed by atoms with Gasteiger partial charge in [0.15, 0.2) is 0 Å². The number of benzene rings is 1. The molecule has 2 aliphatic rings. The maximum atomic E-state index is 13.5. The lowest BCUT2D eigenvalue weighted by molar-refractivity contribution is -0.181. The SMILES string of the molecule is FC(F)(F)C1CNCCN1C1=CCNC=C1NCc1ccc2nccnc2c1. The van der Waals surface area contributed by atoms with E-state index in [0.717, 1.165) is 16.6 Å². The van der Waals surface area contributed by atoms with Crippen molar-refractivity contribution in [1.29, 1.82) is 0 Å². The molecule has 28 heavy (non-hydrogen) atoms. The zero-order valence-electron chi connectivity index (χ0n) is 15.1. The van der Waals surface area contributed by atoms with Gasteiger partial charge in [0.2, 0.25) is 0 Å². The van der Waals surface area contributed by atoms with Crippen molar-refractivity contribution in [1.82, 2.24) is 30.8 Å². The van der Waals surface area contributed by atoms with Gasteiger partial charge >= 0.3 is 6.18 Å². The zero-order valence-corrected chi connectivity index (χ0v) is 15.1. The normalized spacial score (nSPS) is 20.4. The first-order chi connectivity index (χ1) is 13.5. The molecule has 1 saturated heterocycles. The van der Waals surface area contributed by atoms with Crippen LogP contribution in [0.15, 0.2) is 54.3 Å². The van der Waals surface area contributed by atoms with Crippen LogP contribution in [0.2, 0.25) is 0 Å². The van der Waals surface area contributed by atoms with Crippen molar-refractivity contribution in [3.63, 3.8) is 0 Å². The first kappa shape index (κ1) is 18.5. The van der Waals surface area contributed by atoms with E-state index in [1.807, 2.05) is 18.2 Å². The Kier molecular flexibility index (Phi) is 5.08. The Morgan fingerprint density at radius 2 is 2.00 bits per heavy atom. The van der Waals surface area contributed by atoms with E-state index in [2.05, 4.69) is 25.9 Å². The average molecular weight is 390 g/mol. The van der Waals surface area contributed by atoms with Crippen molar-refractivity contribution in [2.45, 2.75) is 18.8 Å². The third-order valence-corrected chi connectivity index (χ3v) is 4.88. The monoisotopic (exact) mass is 390 g/mol. The first-order valence-electron chi connectivity index (χ1n) is 9.14. The van der Waals surface area contributed by atoms with Crippen LogP contribution in [0.1, 0.15) is 5.56 Å². The molecule has 0 spiro atoms. The summed E-state index contributed by atoms with van der Waals surface area (Å²) in [7, 11) is 0. The van der Waals surface area contributed by atoms with Gasteiger partial charge in [-0.05, 0) is 23.8 Å². The minimum Gasteiger partial charge on any atom is -0.386 e. The van der Waals surface area contributed by atoms with E-state index in [1.54, 1.807) is 24.7 Å². The second-order valence-corrected chi connectivity index (χ2v) is 6.74. The van der Waals surface area contributed by atoms with Crippen LogP contribution >= 0.6 is 0 Å². The van der Waals surface area contributed by atoms with Crippen molar-refractivity contribution < 1.29 is 13.2 Å². The van der Waals surface area contributed by atoms with Crippen LogP contribution in [-0.2, 0) is 6.54 Å². The van der Waals surface area contributed by atoms with E-state index in [-0.39, 0.29) is 6.54 Å². The lowest BCUT2D eigenvalue weighted by atomic mass is 10.1. The summed E-state index contributed by atoms with van der Waals surface area (Å²) in [5, 5.41) is 9.19. The Hall–Kier alpha value is -2.81. The van der Waals surface area contributed by atoms with Crippen molar-refractivity contribution in [2.24, 2.45) is 0 Å². The zero-order chi connectivity index (χ0) is 19.6. The minimum atomic E-state index is -4.29. The molecule has 4 rings (SSSR count). The summed E-state index contributed by atoms with van der Waals surface area (Å²) < 4.78 is 40.5. The highest BCUT2D eigenvalue weighted by Crippen LogP contribution is 2.30. The molecule has 2 aromatic rings. The molecular formula is C19H21F3N6. The van der Waals surface area contributed by atoms with E-state index < -0.39 is 12.2 Å². The van der Waals surface area contributed by atoms with Gasteiger partial charge < -0.3 is 20.9 Å². The highest BCUT2D eigenvalue weighted by molar-refractivity contribution is 5.74. The number of hydrogen-bond donors (Lipinski definition) is 3. The van der Waals surface area contributed by atoms with Crippen LogP contribution in [-0.4, -0.2) is 53.3 Å². The molecule has 0 radical (unpaired) electrons. The molecule has 1 aromatic heterocycles. The largest absolute Gasteiger partial charge is 0.409 e. The second kappa shape index (κ2) is 7.67. The molecular weight excluding hydrogens is 369 g/mol. The van der Waals surface area contributed by atoms with Crippen molar-refractivity contribution >= 4 is 11.0 Å². The Bertz CT molecular complexity index is 908. The standard InChI is InChI=1S/C19H21F3N6/c20-19(21,22)18-12-24-7-8-28(18)17-3-4-23-11-16(17)27-10-13-1-2-14-15(9-13)26-6-5-25-14/h1-3,5-6,9,11,18,23-24,27H,4,7-8,10,12H2. The topological polar surface area (TPSA) is 65.1 Å². The lowest BCUT2D eigenvalue weighted by Gasteiger charge is -2.41. The minimum absolute atomic E-state index is 0.106. The van der Waals surface area contributed by atoms with Gasteiger partial charge in [0, 0.05) is 51.3 Å². The van der Waals surface area contributed by atoms with Crippen LogP contribution in [0.4, 0.5) is 13.2 Å². The van der Waals surface area contributed by atoms with Gasteiger partial charge in [-0.3, -0.25) is 9.97 Å². The Balaban J connectivity index is 1.51. The van der Waals surface area contributed by atoms with Gasteiger partial charge in [0.1, 0.15) is 6.04 Å². The summed E-state index contributed by atoms with van der Waals surface area (Å²) in [6, 6.07) is 4.22. The number of nitrogens with one attached hydrogen (secondary N) is 3. The molecule has 1 fully saturated rings. The van der Waals surface area contributed by atoms with Crippen LogP contribution in [0.25, 0.3) is 11.0 Å². The van der Waals surface area contributed by atoms with Gasteiger partial charge in [-0.1, -0.05) is 6.07 Å². The van der Waals surface area contributed by atoms with E-state index >= 15 is 0 Å². The molecule has 0 bridgehead atoms. The van der Waals surface area contributed by atoms with Crippen LogP contribution < -0.4 is 16.0 Å². The molecule has 1 aromatic carbocycles. The van der Waals surface area contributed by atoms with Crippen molar-refractivity contribution in [3.8, 4) is 0 Å². The first-order valence-corrected chi connectivity index (χ1v) is 9.14. The lowest BCUT2D eigenvalue weighted by Crippen LogP contribution is -2.58. The number of aromatic nitrogens is 2. The molecule has 2 aliphatic heterocycles. The van der Waals surface area contributed by atoms with E-state index in [9.17, 15) is 13.2 Å². The molecule has 0 amide bonds. The summed E-state index contributed by atoms with van der Waals surface area (Å²) in [5.41, 5.74) is 3.81. The molecule has 3 heterocycles. The smallest absolute Gasteiger partial charge is 0.386 e.